The molecule has 0 aromatic carbocycles. The fraction of sp³-hybridized carbons (Fsp3) is 0.818. The lowest BCUT2D eigenvalue weighted by Crippen LogP contribution is -2.46. The summed E-state index contributed by atoms with van der Waals surface area (Å²) in [5.74, 6) is -0.0886. The minimum absolute atomic E-state index is 0.0121. The number of carbonyl (C=O) groups is 2. The van der Waals surface area contributed by atoms with Crippen molar-refractivity contribution in [3.05, 3.63) is 0 Å². The molecule has 0 aromatic heterocycles. The van der Waals surface area contributed by atoms with Gasteiger partial charge in [-0.15, -0.1) is 0 Å². The summed E-state index contributed by atoms with van der Waals surface area (Å²) in [4.78, 5) is 25.6. The average Bonchev–Trinajstić information content (AvgIpc) is 2.72. The third kappa shape index (κ3) is 1.17. The second-order valence-corrected chi connectivity index (χ2v) is 5.01. The summed E-state index contributed by atoms with van der Waals surface area (Å²) in [7, 11) is 0. The van der Waals surface area contributed by atoms with Gasteiger partial charge in [0.1, 0.15) is 0 Å². The molecule has 4 heteroatoms. The summed E-state index contributed by atoms with van der Waals surface area (Å²) < 4.78 is 0. The Kier molecular flexibility index (Phi) is 1.89. The molecule has 0 radical (unpaired) electrons. The van der Waals surface area contributed by atoms with E-state index in [4.69, 9.17) is 0 Å². The van der Waals surface area contributed by atoms with E-state index in [0.717, 1.165) is 25.9 Å². The summed E-state index contributed by atoms with van der Waals surface area (Å²) in [6.45, 7) is 2.10. The van der Waals surface area contributed by atoms with Crippen molar-refractivity contribution < 1.29 is 9.59 Å². The van der Waals surface area contributed by atoms with Gasteiger partial charge in [-0.1, -0.05) is 6.42 Å². The van der Waals surface area contributed by atoms with Crippen molar-refractivity contribution in [2.75, 3.05) is 13.1 Å². The summed E-state index contributed by atoms with van der Waals surface area (Å²) in [6, 6.07) is 0.331. The van der Waals surface area contributed by atoms with Crippen molar-refractivity contribution >= 4 is 11.8 Å². The van der Waals surface area contributed by atoms with E-state index in [1.807, 2.05) is 0 Å². The highest BCUT2D eigenvalue weighted by molar-refractivity contribution is 6.06. The van der Waals surface area contributed by atoms with Crippen molar-refractivity contribution in [1.29, 1.82) is 0 Å². The van der Waals surface area contributed by atoms with Crippen LogP contribution in [0.5, 0.6) is 0 Å². The largest absolute Gasteiger partial charge is 0.299 e. The number of hydrogen-bond acceptors (Lipinski definition) is 3. The van der Waals surface area contributed by atoms with E-state index in [2.05, 4.69) is 10.2 Å². The molecule has 2 amide bonds. The topological polar surface area (TPSA) is 49.4 Å². The van der Waals surface area contributed by atoms with Gasteiger partial charge in [-0.2, -0.15) is 0 Å². The standard InChI is InChI=1S/C11H16N2O2/c14-9-7-11(10(15)12-9)4-6-13-5-2-1-3-8(11)13/h8H,1-7H2,(H,12,14,15). The second kappa shape index (κ2) is 3.04. The molecule has 1 spiro atoms. The Morgan fingerprint density at radius 1 is 1.27 bits per heavy atom. The van der Waals surface area contributed by atoms with Crippen LogP contribution in [0, 0.1) is 5.41 Å². The molecule has 3 aliphatic rings. The first-order valence-corrected chi connectivity index (χ1v) is 5.81. The number of nitrogens with zero attached hydrogens (tertiary/aromatic N) is 1. The normalized spacial score (nSPS) is 40.9. The highest BCUT2D eigenvalue weighted by atomic mass is 16.2. The van der Waals surface area contributed by atoms with E-state index in [1.54, 1.807) is 0 Å². The van der Waals surface area contributed by atoms with Gasteiger partial charge in [0.2, 0.25) is 11.8 Å². The lowest BCUT2D eigenvalue weighted by molar-refractivity contribution is -0.129. The average molecular weight is 208 g/mol. The Hall–Kier alpha value is -0.900. The summed E-state index contributed by atoms with van der Waals surface area (Å²) >= 11 is 0. The van der Waals surface area contributed by atoms with Crippen LogP contribution in [0.2, 0.25) is 0 Å². The van der Waals surface area contributed by atoms with E-state index in [9.17, 15) is 9.59 Å². The van der Waals surface area contributed by atoms with Crippen LogP contribution in [0.3, 0.4) is 0 Å². The molecule has 4 nitrogen and oxygen atoms in total. The number of nitrogens with one attached hydrogen (secondary N) is 1. The fourth-order valence-electron chi connectivity index (χ4n) is 3.53. The Labute approximate surface area is 89.0 Å². The van der Waals surface area contributed by atoms with Gasteiger partial charge >= 0.3 is 0 Å². The first-order valence-electron chi connectivity index (χ1n) is 5.81. The number of hydrogen-bond donors (Lipinski definition) is 1. The van der Waals surface area contributed by atoms with Crippen molar-refractivity contribution in [2.45, 2.75) is 38.1 Å². The monoisotopic (exact) mass is 208 g/mol. The van der Waals surface area contributed by atoms with Crippen molar-refractivity contribution in [3.63, 3.8) is 0 Å². The Morgan fingerprint density at radius 2 is 2.13 bits per heavy atom. The van der Waals surface area contributed by atoms with Crippen LogP contribution in [-0.4, -0.2) is 35.8 Å². The first kappa shape index (κ1) is 9.33. The van der Waals surface area contributed by atoms with Crippen molar-refractivity contribution in [1.82, 2.24) is 10.2 Å². The van der Waals surface area contributed by atoms with Crippen molar-refractivity contribution in [2.24, 2.45) is 5.41 Å². The molecule has 3 rings (SSSR count). The van der Waals surface area contributed by atoms with E-state index in [0.29, 0.717) is 12.5 Å². The second-order valence-electron chi connectivity index (χ2n) is 5.01. The molecule has 2 unspecified atom stereocenters. The SMILES string of the molecule is O=C1CC2(CCN3CCCCC32)C(=O)N1. The number of rotatable bonds is 0. The van der Waals surface area contributed by atoms with Crippen LogP contribution in [0.1, 0.15) is 32.1 Å². The fourth-order valence-corrected chi connectivity index (χ4v) is 3.53. The van der Waals surface area contributed by atoms with Crippen LogP contribution < -0.4 is 5.32 Å². The van der Waals surface area contributed by atoms with Gasteiger partial charge in [-0.25, -0.2) is 0 Å². The van der Waals surface area contributed by atoms with Crippen LogP contribution in [-0.2, 0) is 9.59 Å². The Bertz CT molecular complexity index is 329. The minimum atomic E-state index is -0.364. The van der Waals surface area contributed by atoms with E-state index in [1.165, 1.54) is 12.8 Å². The third-order valence-electron chi connectivity index (χ3n) is 4.28. The molecule has 82 valence electrons. The predicted molar refractivity (Wildman–Crippen MR) is 54.0 cm³/mol. The molecule has 3 heterocycles. The number of fused-ring (bicyclic) bond motifs is 2. The zero-order valence-corrected chi connectivity index (χ0v) is 8.79. The molecule has 0 saturated carbocycles. The molecular weight excluding hydrogens is 192 g/mol. The zero-order chi connectivity index (χ0) is 10.5. The number of piperidine rings is 1. The van der Waals surface area contributed by atoms with Gasteiger partial charge in [-0.3, -0.25) is 19.8 Å². The van der Waals surface area contributed by atoms with Gasteiger partial charge < -0.3 is 0 Å². The molecule has 15 heavy (non-hydrogen) atoms. The van der Waals surface area contributed by atoms with Gasteiger partial charge in [0.05, 0.1) is 5.41 Å². The molecule has 0 aromatic rings. The molecular formula is C11H16N2O2. The maximum absolute atomic E-state index is 11.9. The minimum Gasteiger partial charge on any atom is -0.299 e. The lowest BCUT2D eigenvalue weighted by Gasteiger charge is -2.36. The van der Waals surface area contributed by atoms with E-state index < -0.39 is 0 Å². The number of carbonyl (C=O) groups excluding carboxylic acids is 2. The molecule has 3 saturated heterocycles. The lowest BCUT2D eigenvalue weighted by atomic mass is 9.76. The maximum Gasteiger partial charge on any atom is 0.234 e. The highest BCUT2D eigenvalue weighted by Gasteiger charge is 2.57. The van der Waals surface area contributed by atoms with Crippen LogP contribution >= 0.6 is 0 Å². The smallest absolute Gasteiger partial charge is 0.234 e. The van der Waals surface area contributed by atoms with Crippen LogP contribution in [0.25, 0.3) is 0 Å². The van der Waals surface area contributed by atoms with E-state index in [-0.39, 0.29) is 17.2 Å². The number of amides is 2. The Balaban J connectivity index is 1.92. The molecule has 3 fully saturated rings. The summed E-state index contributed by atoms with van der Waals surface area (Å²) in [5, 5.41) is 2.48. The van der Waals surface area contributed by atoms with Gasteiger partial charge in [0.25, 0.3) is 0 Å². The Morgan fingerprint density at radius 3 is 2.87 bits per heavy atom. The van der Waals surface area contributed by atoms with Gasteiger partial charge in [-0.05, 0) is 32.4 Å². The third-order valence-corrected chi connectivity index (χ3v) is 4.28. The molecule has 3 aliphatic heterocycles. The quantitative estimate of drug-likeness (QED) is 0.582. The number of imide groups is 1. The predicted octanol–water partition coefficient (Wildman–Crippen LogP) is 0.277. The summed E-state index contributed by atoms with van der Waals surface area (Å²) in [6.07, 6.45) is 4.81. The molecule has 0 aliphatic carbocycles. The van der Waals surface area contributed by atoms with Gasteiger partial charge in [0.15, 0.2) is 0 Å². The highest BCUT2D eigenvalue weighted by Crippen LogP contribution is 2.46. The molecule has 1 N–H and O–H groups in total. The first-order chi connectivity index (χ1) is 7.22. The maximum atomic E-state index is 11.9. The van der Waals surface area contributed by atoms with Gasteiger partial charge in [0, 0.05) is 12.5 Å². The summed E-state index contributed by atoms with van der Waals surface area (Å²) in [5.41, 5.74) is -0.364. The molecule has 0 bridgehead atoms. The molecule has 2 atom stereocenters. The van der Waals surface area contributed by atoms with Crippen molar-refractivity contribution in [3.8, 4) is 0 Å². The van der Waals surface area contributed by atoms with Crippen LogP contribution in [0.15, 0.2) is 0 Å². The van der Waals surface area contributed by atoms with E-state index >= 15 is 0 Å². The zero-order valence-electron chi connectivity index (χ0n) is 8.79. The van der Waals surface area contributed by atoms with Crippen LogP contribution in [0.4, 0.5) is 0 Å².